The predicted octanol–water partition coefficient (Wildman–Crippen LogP) is 1.72. The Balaban J connectivity index is 1.98. The predicted molar refractivity (Wildman–Crippen MR) is 73.5 cm³/mol. The topological polar surface area (TPSA) is 105 Å². The molecule has 0 aliphatic rings. The third-order valence-electron chi connectivity index (χ3n) is 2.86. The molecule has 7 nitrogen and oxygen atoms in total. The molecule has 2 aromatic heterocycles. The molecule has 0 aliphatic carbocycles. The molecule has 2 heterocycles. The first kappa shape index (κ1) is 14.7. The first-order valence-electron chi connectivity index (χ1n) is 6.46. The Kier molecular flexibility index (Phi) is 4.65. The number of nitrogens with zero attached hydrogens (tertiary/aromatic N) is 2. The van der Waals surface area contributed by atoms with E-state index in [0.717, 1.165) is 5.56 Å². The molecule has 0 aromatic carbocycles. The Bertz CT molecular complexity index is 624. The van der Waals surface area contributed by atoms with Gasteiger partial charge in [0.05, 0.1) is 0 Å². The molecule has 21 heavy (non-hydrogen) atoms. The van der Waals surface area contributed by atoms with Gasteiger partial charge in [-0.05, 0) is 25.5 Å². The van der Waals surface area contributed by atoms with E-state index in [-0.39, 0.29) is 18.2 Å². The molecule has 1 atom stereocenters. The van der Waals surface area contributed by atoms with Crippen molar-refractivity contribution in [3.63, 3.8) is 0 Å². The molecule has 2 rings (SSSR count). The average molecular weight is 289 g/mol. The second-order valence-corrected chi connectivity index (χ2v) is 4.63. The van der Waals surface area contributed by atoms with E-state index in [9.17, 15) is 9.59 Å². The minimum atomic E-state index is -0.892. The highest BCUT2D eigenvalue weighted by Gasteiger charge is 2.16. The molecule has 0 fully saturated rings. The van der Waals surface area contributed by atoms with Crippen molar-refractivity contribution in [3.8, 4) is 11.3 Å². The van der Waals surface area contributed by atoms with Crippen molar-refractivity contribution < 1.29 is 19.2 Å². The summed E-state index contributed by atoms with van der Waals surface area (Å²) in [6.45, 7) is 1.74. The van der Waals surface area contributed by atoms with Crippen LogP contribution in [0, 0.1) is 0 Å². The highest BCUT2D eigenvalue weighted by Crippen LogP contribution is 2.18. The van der Waals surface area contributed by atoms with Gasteiger partial charge in [0.2, 0.25) is 0 Å². The van der Waals surface area contributed by atoms with E-state index >= 15 is 0 Å². The normalized spacial score (nSPS) is 11.9. The summed E-state index contributed by atoms with van der Waals surface area (Å²) in [5, 5.41) is 15.0. The van der Waals surface area contributed by atoms with Crippen molar-refractivity contribution in [2.75, 3.05) is 0 Å². The zero-order chi connectivity index (χ0) is 15.2. The van der Waals surface area contributed by atoms with Crippen LogP contribution in [0.3, 0.4) is 0 Å². The van der Waals surface area contributed by atoms with E-state index < -0.39 is 11.9 Å². The van der Waals surface area contributed by atoms with Gasteiger partial charge >= 0.3 is 5.97 Å². The molecular weight excluding hydrogens is 274 g/mol. The number of carboxylic acids is 1. The van der Waals surface area contributed by atoms with Gasteiger partial charge in [0, 0.05) is 36.5 Å². The zero-order valence-corrected chi connectivity index (χ0v) is 11.4. The minimum absolute atomic E-state index is 0.00119. The largest absolute Gasteiger partial charge is 0.481 e. The summed E-state index contributed by atoms with van der Waals surface area (Å²) in [5.74, 6) is -0.838. The Morgan fingerprint density at radius 1 is 1.48 bits per heavy atom. The monoisotopic (exact) mass is 289 g/mol. The smallest absolute Gasteiger partial charge is 0.303 e. The number of pyridine rings is 1. The number of hydrogen-bond donors (Lipinski definition) is 2. The van der Waals surface area contributed by atoms with Gasteiger partial charge in [0.1, 0.15) is 0 Å². The number of carbonyl (C=O) groups excluding carboxylic acids is 1. The quantitative estimate of drug-likeness (QED) is 0.838. The summed E-state index contributed by atoms with van der Waals surface area (Å²) < 4.78 is 5.11. The van der Waals surface area contributed by atoms with E-state index in [1.807, 2.05) is 0 Å². The van der Waals surface area contributed by atoms with Crippen LogP contribution >= 0.6 is 0 Å². The molecule has 1 unspecified atom stereocenters. The average Bonchev–Trinajstić information content (AvgIpc) is 2.96. The maximum atomic E-state index is 11.9. The lowest BCUT2D eigenvalue weighted by atomic mass is 10.1. The molecule has 0 radical (unpaired) electrons. The lowest BCUT2D eigenvalue weighted by Gasteiger charge is -2.10. The fraction of sp³-hybridized carbons (Fsp3) is 0.286. The van der Waals surface area contributed by atoms with Gasteiger partial charge in [0.25, 0.3) is 5.91 Å². The van der Waals surface area contributed by atoms with Gasteiger partial charge < -0.3 is 14.9 Å². The van der Waals surface area contributed by atoms with Crippen molar-refractivity contribution in [2.45, 2.75) is 25.8 Å². The summed E-state index contributed by atoms with van der Waals surface area (Å²) in [5.41, 5.74) is 0.874. The van der Waals surface area contributed by atoms with E-state index in [1.54, 1.807) is 31.5 Å². The molecular formula is C14H15N3O4. The van der Waals surface area contributed by atoms with Crippen molar-refractivity contribution in [2.24, 2.45) is 0 Å². The van der Waals surface area contributed by atoms with Crippen LogP contribution in [0.15, 0.2) is 35.1 Å². The van der Waals surface area contributed by atoms with Gasteiger partial charge in [0.15, 0.2) is 11.5 Å². The Hall–Kier alpha value is -2.70. The van der Waals surface area contributed by atoms with Crippen LogP contribution in [0.2, 0.25) is 0 Å². The maximum absolute atomic E-state index is 11.9. The molecule has 0 spiro atoms. The van der Waals surface area contributed by atoms with Crippen molar-refractivity contribution in [1.29, 1.82) is 0 Å². The summed E-state index contributed by atoms with van der Waals surface area (Å²) in [6, 6.07) is 4.82. The third kappa shape index (κ3) is 4.13. The Labute approximate surface area is 121 Å². The van der Waals surface area contributed by atoms with Crippen LogP contribution in [0.1, 0.15) is 30.3 Å². The summed E-state index contributed by atoms with van der Waals surface area (Å²) >= 11 is 0. The van der Waals surface area contributed by atoms with Crippen molar-refractivity contribution in [3.05, 3.63) is 36.3 Å². The van der Waals surface area contributed by atoms with Gasteiger partial charge in [-0.25, -0.2) is 0 Å². The zero-order valence-electron chi connectivity index (χ0n) is 11.4. The van der Waals surface area contributed by atoms with Gasteiger partial charge in [-0.1, -0.05) is 5.16 Å². The molecule has 0 aliphatic heterocycles. The second-order valence-electron chi connectivity index (χ2n) is 4.63. The number of hydrogen-bond acceptors (Lipinski definition) is 5. The van der Waals surface area contributed by atoms with Crippen LogP contribution in [-0.2, 0) is 4.79 Å². The molecule has 2 aromatic rings. The van der Waals surface area contributed by atoms with E-state index in [4.69, 9.17) is 9.63 Å². The third-order valence-corrected chi connectivity index (χ3v) is 2.86. The number of carboxylic acid groups (broad SMARTS) is 1. The van der Waals surface area contributed by atoms with Crippen LogP contribution in [-0.4, -0.2) is 33.2 Å². The molecule has 0 saturated heterocycles. The first-order valence-corrected chi connectivity index (χ1v) is 6.46. The molecule has 1 amide bonds. The van der Waals surface area contributed by atoms with Crippen LogP contribution in [0.5, 0.6) is 0 Å². The number of aromatic nitrogens is 2. The van der Waals surface area contributed by atoms with Crippen LogP contribution in [0.4, 0.5) is 0 Å². The highest BCUT2D eigenvalue weighted by molar-refractivity contribution is 5.93. The fourth-order valence-electron chi connectivity index (χ4n) is 1.74. The van der Waals surface area contributed by atoms with Crippen molar-refractivity contribution >= 4 is 11.9 Å². The summed E-state index contributed by atoms with van der Waals surface area (Å²) in [4.78, 5) is 26.4. The minimum Gasteiger partial charge on any atom is -0.481 e. The van der Waals surface area contributed by atoms with Gasteiger partial charge in [-0.15, -0.1) is 0 Å². The van der Waals surface area contributed by atoms with E-state index in [0.29, 0.717) is 12.2 Å². The lowest BCUT2D eigenvalue weighted by Crippen LogP contribution is -2.33. The number of nitrogens with one attached hydrogen (secondary N) is 1. The maximum Gasteiger partial charge on any atom is 0.303 e. The molecule has 2 N–H and O–H groups in total. The Morgan fingerprint density at radius 2 is 2.29 bits per heavy atom. The van der Waals surface area contributed by atoms with Crippen molar-refractivity contribution in [1.82, 2.24) is 15.5 Å². The molecule has 0 bridgehead atoms. The lowest BCUT2D eigenvalue weighted by molar-refractivity contribution is -0.137. The first-order chi connectivity index (χ1) is 10.1. The fourth-order valence-corrected chi connectivity index (χ4v) is 1.74. The Morgan fingerprint density at radius 3 is 2.95 bits per heavy atom. The highest BCUT2D eigenvalue weighted by atomic mass is 16.5. The van der Waals surface area contributed by atoms with Crippen LogP contribution in [0.25, 0.3) is 11.3 Å². The molecule has 110 valence electrons. The van der Waals surface area contributed by atoms with Crippen LogP contribution < -0.4 is 5.32 Å². The number of aliphatic carboxylic acids is 1. The SMILES string of the molecule is CC(CCC(=O)O)NC(=O)c1cc(-c2cccnc2)on1. The number of amides is 1. The van der Waals surface area contributed by atoms with Gasteiger partial charge in [-0.2, -0.15) is 0 Å². The second kappa shape index (κ2) is 6.65. The van der Waals surface area contributed by atoms with E-state index in [1.165, 1.54) is 6.07 Å². The standard InChI is InChI=1S/C14H15N3O4/c1-9(4-5-13(18)19)16-14(20)11-7-12(21-17-11)10-3-2-6-15-8-10/h2-3,6-9H,4-5H2,1H3,(H,16,20)(H,18,19). The number of rotatable bonds is 6. The van der Waals surface area contributed by atoms with Gasteiger partial charge in [-0.3, -0.25) is 14.6 Å². The molecule has 0 saturated carbocycles. The van der Waals surface area contributed by atoms with E-state index in [2.05, 4.69) is 15.5 Å². The number of carbonyl (C=O) groups is 2. The summed E-state index contributed by atoms with van der Waals surface area (Å²) in [7, 11) is 0. The summed E-state index contributed by atoms with van der Waals surface area (Å²) in [6.07, 6.45) is 3.60. The molecule has 7 heteroatoms.